The van der Waals surface area contributed by atoms with Gasteiger partial charge in [0.25, 0.3) is 0 Å². The molecule has 2 heterocycles. The fraction of sp³-hybridized carbons (Fsp3) is 0.350. The molecule has 0 amide bonds. The number of phenols is 1. The molecule has 0 spiro atoms. The normalized spacial score (nSPS) is 17.3. The Balaban J connectivity index is 1.45. The largest absolute Gasteiger partial charge is 0.508 e. The van der Waals surface area contributed by atoms with Crippen molar-refractivity contribution in [1.29, 1.82) is 0 Å². The lowest BCUT2D eigenvalue weighted by Gasteiger charge is -2.35. The van der Waals surface area contributed by atoms with E-state index in [1.807, 2.05) is 47.1 Å². The van der Waals surface area contributed by atoms with Gasteiger partial charge >= 0.3 is 0 Å². The predicted octanol–water partition coefficient (Wildman–Crippen LogP) is 3.31. The zero-order chi connectivity index (χ0) is 17.9. The van der Waals surface area contributed by atoms with Crippen molar-refractivity contribution in [1.82, 2.24) is 25.1 Å². The van der Waals surface area contributed by atoms with Crippen LogP contribution < -0.4 is 0 Å². The van der Waals surface area contributed by atoms with Crippen LogP contribution in [0.15, 0.2) is 54.6 Å². The van der Waals surface area contributed by atoms with Crippen LogP contribution in [-0.4, -0.2) is 43.3 Å². The van der Waals surface area contributed by atoms with Gasteiger partial charge in [0.15, 0.2) is 5.82 Å². The van der Waals surface area contributed by atoms with Crippen LogP contribution in [0.2, 0.25) is 0 Å². The molecule has 0 saturated carbocycles. The van der Waals surface area contributed by atoms with Crippen LogP contribution in [-0.2, 0) is 0 Å². The van der Waals surface area contributed by atoms with Crippen molar-refractivity contribution in [2.24, 2.45) is 0 Å². The highest BCUT2D eigenvalue weighted by molar-refractivity contribution is 5.31. The van der Waals surface area contributed by atoms with Crippen LogP contribution in [0.3, 0.4) is 0 Å². The second-order valence-corrected chi connectivity index (χ2v) is 6.86. The van der Waals surface area contributed by atoms with Crippen LogP contribution in [0, 0.1) is 0 Å². The van der Waals surface area contributed by atoms with Crippen molar-refractivity contribution in [2.45, 2.75) is 31.7 Å². The van der Waals surface area contributed by atoms with Gasteiger partial charge in [0.05, 0.1) is 11.7 Å². The monoisotopic (exact) mass is 349 g/mol. The summed E-state index contributed by atoms with van der Waals surface area (Å²) in [7, 11) is 0. The number of rotatable bonds is 4. The maximum Gasteiger partial charge on any atom is 0.173 e. The molecule has 1 aliphatic heterocycles. The number of benzene rings is 2. The minimum absolute atomic E-state index is 0.158. The van der Waals surface area contributed by atoms with E-state index < -0.39 is 0 Å². The predicted molar refractivity (Wildman–Crippen MR) is 99.2 cm³/mol. The zero-order valence-corrected chi connectivity index (χ0v) is 14.9. The van der Waals surface area contributed by atoms with Crippen LogP contribution in [0.25, 0.3) is 5.69 Å². The molecule has 1 atom stereocenters. The van der Waals surface area contributed by atoms with Gasteiger partial charge in [-0.1, -0.05) is 30.3 Å². The average Bonchev–Trinajstić information content (AvgIpc) is 3.19. The fourth-order valence-corrected chi connectivity index (χ4v) is 3.74. The van der Waals surface area contributed by atoms with E-state index in [1.165, 1.54) is 5.56 Å². The van der Waals surface area contributed by atoms with Crippen molar-refractivity contribution in [2.75, 3.05) is 13.1 Å². The quantitative estimate of drug-likeness (QED) is 0.783. The smallest absolute Gasteiger partial charge is 0.173 e. The topological polar surface area (TPSA) is 67.1 Å². The number of piperidine rings is 1. The third-order valence-corrected chi connectivity index (χ3v) is 5.31. The molecular weight excluding hydrogens is 326 g/mol. The summed E-state index contributed by atoms with van der Waals surface area (Å²) in [6.45, 7) is 4.19. The first kappa shape index (κ1) is 16.7. The van der Waals surface area contributed by atoms with E-state index in [9.17, 15) is 5.11 Å². The fourth-order valence-electron chi connectivity index (χ4n) is 3.74. The van der Waals surface area contributed by atoms with Gasteiger partial charge in [0.2, 0.25) is 0 Å². The number of hydrogen-bond donors (Lipinski definition) is 1. The Morgan fingerprint density at radius 1 is 1.00 bits per heavy atom. The first-order valence-electron chi connectivity index (χ1n) is 9.09. The standard InChI is InChI=1S/C20H23N5O/c1-15(20-21-22-23-25(20)18-5-3-2-4-6-18)24-13-11-17(12-14-24)16-7-9-19(26)10-8-16/h2-10,15,17,26H,11-14H2,1H3. The molecule has 1 N–H and O–H groups in total. The third-order valence-electron chi connectivity index (χ3n) is 5.31. The highest BCUT2D eigenvalue weighted by Crippen LogP contribution is 2.32. The minimum atomic E-state index is 0.158. The lowest BCUT2D eigenvalue weighted by Crippen LogP contribution is -2.36. The second kappa shape index (κ2) is 7.25. The van der Waals surface area contributed by atoms with E-state index in [0.717, 1.165) is 37.4 Å². The summed E-state index contributed by atoms with van der Waals surface area (Å²) < 4.78 is 1.83. The van der Waals surface area contributed by atoms with Crippen LogP contribution in [0.5, 0.6) is 5.75 Å². The molecule has 1 saturated heterocycles. The Morgan fingerprint density at radius 2 is 1.69 bits per heavy atom. The first-order chi connectivity index (χ1) is 12.7. The number of tetrazole rings is 1. The number of hydrogen-bond acceptors (Lipinski definition) is 5. The molecule has 2 aromatic carbocycles. The Labute approximate surface area is 153 Å². The molecule has 0 radical (unpaired) electrons. The van der Waals surface area contributed by atoms with Crippen molar-refractivity contribution in [3.63, 3.8) is 0 Å². The SMILES string of the molecule is CC(c1nnnn1-c1ccccc1)N1CCC(c2ccc(O)cc2)CC1. The molecule has 6 nitrogen and oxygen atoms in total. The van der Waals surface area contributed by atoms with Crippen LogP contribution in [0.4, 0.5) is 0 Å². The van der Waals surface area contributed by atoms with Crippen molar-refractivity contribution >= 4 is 0 Å². The van der Waals surface area contributed by atoms with Gasteiger partial charge in [-0.15, -0.1) is 5.10 Å². The van der Waals surface area contributed by atoms with Gasteiger partial charge in [0.1, 0.15) is 5.75 Å². The van der Waals surface area contributed by atoms with Crippen LogP contribution in [0.1, 0.15) is 43.1 Å². The van der Waals surface area contributed by atoms with E-state index >= 15 is 0 Å². The molecule has 26 heavy (non-hydrogen) atoms. The lowest BCUT2D eigenvalue weighted by atomic mass is 9.89. The lowest BCUT2D eigenvalue weighted by molar-refractivity contribution is 0.155. The molecule has 1 aromatic heterocycles. The average molecular weight is 349 g/mol. The highest BCUT2D eigenvalue weighted by Gasteiger charge is 2.27. The number of nitrogens with zero attached hydrogens (tertiary/aromatic N) is 5. The third kappa shape index (κ3) is 3.32. The maximum absolute atomic E-state index is 9.47. The molecule has 4 rings (SSSR count). The number of phenolic OH excluding ortho intramolecular Hbond substituents is 1. The van der Waals surface area contributed by atoms with E-state index in [1.54, 1.807) is 12.1 Å². The Hall–Kier alpha value is -2.73. The zero-order valence-electron chi connectivity index (χ0n) is 14.9. The molecule has 1 unspecified atom stereocenters. The van der Waals surface area contributed by atoms with Crippen LogP contribution >= 0.6 is 0 Å². The summed E-state index contributed by atoms with van der Waals surface area (Å²) in [5.41, 5.74) is 2.29. The summed E-state index contributed by atoms with van der Waals surface area (Å²) in [6, 6.07) is 17.8. The molecule has 1 fully saturated rings. The van der Waals surface area contributed by atoms with Gasteiger partial charge < -0.3 is 5.11 Å². The molecule has 134 valence electrons. The van der Waals surface area contributed by atoms with Gasteiger partial charge in [0, 0.05) is 0 Å². The Morgan fingerprint density at radius 3 is 2.38 bits per heavy atom. The Kier molecular flexibility index (Phi) is 4.67. The van der Waals surface area contributed by atoms with Gasteiger partial charge in [-0.05, 0) is 79.0 Å². The van der Waals surface area contributed by atoms with Crippen molar-refractivity contribution in [3.05, 3.63) is 66.0 Å². The molecule has 3 aromatic rings. The highest BCUT2D eigenvalue weighted by atomic mass is 16.3. The summed E-state index contributed by atoms with van der Waals surface area (Å²) >= 11 is 0. The van der Waals surface area contributed by atoms with E-state index in [-0.39, 0.29) is 6.04 Å². The summed E-state index contributed by atoms with van der Waals surface area (Å²) in [5, 5.41) is 21.8. The van der Waals surface area contributed by atoms with Crippen molar-refractivity contribution < 1.29 is 5.11 Å². The van der Waals surface area contributed by atoms with Gasteiger partial charge in [-0.2, -0.15) is 4.68 Å². The van der Waals surface area contributed by atoms with E-state index in [4.69, 9.17) is 0 Å². The second-order valence-electron chi connectivity index (χ2n) is 6.86. The van der Waals surface area contributed by atoms with Gasteiger partial charge in [-0.25, -0.2) is 0 Å². The number of likely N-dealkylation sites (tertiary alicyclic amines) is 1. The summed E-state index contributed by atoms with van der Waals surface area (Å²) in [6.07, 6.45) is 2.20. The summed E-state index contributed by atoms with van der Waals surface area (Å²) in [5.74, 6) is 1.75. The van der Waals surface area contributed by atoms with Gasteiger partial charge in [-0.3, -0.25) is 4.90 Å². The van der Waals surface area contributed by atoms with E-state index in [0.29, 0.717) is 11.7 Å². The van der Waals surface area contributed by atoms with E-state index in [2.05, 4.69) is 27.3 Å². The molecule has 0 aliphatic carbocycles. The van der Waals surface area contributed by atoms with Crippen molar-refractivity contribution in [3.8, 4) is 11.4 Å². The number of aromatic nitrogens is 4. The first-order valence-corrected chi connectivity index (χ1v) is 9.09. The molecule has 1 aliphatic rings. The Bertz CT molecular complexity index is 838. The molecule has 6 heteroatoms. The molecular formula is C20H23N5O. The maximum atomic E-state index is 9.47. The summed E-state index contributed by atoms with van der Waals surface area (Å²) in [4.78, 5) is 2.45. The molecule has 0 bridgehead atoms. The number of para-hydroxylation sites is 1. The number of aromatic hydroxyl groups is 1. The minimum Gasteiger partial charge on any atom is -0.508 e.